The quantitative estimate of drug-likeness (QED) is 0.578. The van der Waals surface area contributed by atoms with E-state index >= 15 is 0 Å². The summed E-state index contributed by atoms with van der Waals surface area (Å²) in [4.78, 5) is 12.1. The molecule has 1 rings (SSSR count). The summed E-state index contributed by atoms with van der Waals surface area (Å²) in [5.74, 6) is -0.854. The number of thiophene rings is 1. The minimum absolute atomic E-state index is 0.401. The number of nitrogens with one attached hydrogen (secondary N) is 1. The van der Waals surface area contributed by atoms with Crippen LogP contribution in [0.3, 0.4) is 0 Å². The fourth-order valence-corrected chi connectivity index (χ4v) is 1.99. The number of carbonyl (C=O) groups is 1. The molecule has 0 atom stereocenters. The van der Waals surface area contributed by atoms with Crippen molar-refractivity contribution in [3.63, 3.8) is 0 Å². The van der Waals surface area contributed by atoms with Gasteiger partial charge in [-0.25, -0.2) is 4.79 Å². The third kappa shape index (κ3) is 2.68. The molecule has 0 saturated carbocycles. The van der Waals surface area contributed by atoms with Crippen molar-refractivity contribution < 1.29 is 9.90 Å². The lowest BCUT2D eigenvalue weighted by molar-refractivity contribution is 0.0702. The van der Waals surface area contributed by atoms with Crippen molar-refractivity contribution in [2.24, 2.45) is 0 Å². The standard InChI is InChI=1S/C10H13NO2S/c1-3-4-11-6-8-5-9(10(12)13)14-7(8)2/h3,5,11H,1,4,6H2,2H3,(H,12,13). The van der Waals surface area contributed by atoms with Crippen molar-refractivity contribution in [1.29, 1.82) is 0 Å². The SMILES string of the molecule is C=CCNCc1cc(C(=O)O)sc1C. The molecular formula is C10H13NO2S. The second-order valence-electron chi connectivity index (χ2n) is 2.92. The zero-order chi connectivity index (χ0) is 10.6. The molecule has 0 fully saturated rings. The second kappa shape index (κ2) is 4.93. The number of hydrogen-bond acceptors (Lipinski definition) is 3. The van der Waals surface area contributed by atoms with Gasteiger partial charge in [-0.1, -0.05) is 6.08 Å². The average molecular weight is 211 g/mol. The van der Waals surface area contributed by atoms with E-state index in [4.69, 9.17) is 5.11 Å². The van der Waals surface area contributed by atoms with Gasteiger partial charge in [0.1, 0.15) is 4.88 Å². The van der Waals surface area contributed by atoms with Crippen molar-refractivity contribution in [2.75, 3.05) is 6.54 Å². The Hall–Kier alpha value is -1.13. The van der Waals surface area contributed by atoms with Gasteiger partial charge < -0.3 is 10.4 Å². The highest BCUT2D eigenvalue weighted by Gasteiger charge is 2.09. The largest absolute Gasteiger partial charge is 0.477 e. The number of carboxylic acid groups (broad SMARTS) is 1. The zero-order valence-corrected chi connectivity index (χ0v) is 8.86. The summed E-state index contributed by atoms with van der Waals surface area (Å²) in [7, 11) is 0. The molecule has 14 heavy (non-hydrogen) atoms. The van der Waals surface area contributed by atoms with Gasteiger partial charge in [-0.05, 0) is 18.6 Å². The molecule has 1 heterocycles. The van der Waals surface area contributed by atoms with Gasteiger partial charge in [0, 0.05) is 18.0 Å². The highest BCUT2D eigenvalue weighted by Crippen LogP contribution is 2.21. The van der Waals surface area contributed by atoms with Crippen LogP contribution in [0.15, 0.2) is 18.7 Å². The molecule has 0 aliphatic heterocycles. The summed E-state index contributed by atoms with van der Waals surface area (Å²) in [6.45, 7) is 6.96. The summed E-state index contributed by atoms with van der Waals surface area (Å²) < 4.78 is 0. The van der Waals surface area contributed by atoms with E-state index in [2.05, 4.69) is 11.9 Å². The predicted octanol–water partition coefficient (Wildman–Crippen LogP) is 2.03. The van der Waals surface area contributed by atoms with Gasteiger partial charge in [-0.15, -0.1) is 17.9 Å². The molecule has 1 aromatic heterocycles. The number of carboxylic acids is 1. The molecule has 3 nitrogen and oxygen atoms in total. The van der Waals surface area contributed by atoms with Crippen molar-refractivity contribution in [1.82, 2.24) is 5.32 Å². The minimum Gasteiger partial charge on any atom is -0.477 e. The van der Waals surface area contributed by atoms with Crippen LogP contribution in [0.4, 0.5) is 0 Å². The highest BCUT2D eigenvalue weighted by atomic mass is 32.1. The van der Waals surface area contributed by atoms with Gasteiger partial charge in [0.05, 0.1) is 0 Å². The maximum atomic E-state index is 10.7. The van der Waals surface area contributed by atoms with E-state index < -0.39 is 5.97 Å². The van der Waals surface area contributed by atoms with Gasteiger partial charge in [-0.3, -0.25) is 0 Å². The maximum absolute atomic E-state index is 10.7. The third-order valence-electron chi connectivity index (χ3n) is 1.84. The van der Waals surface area contributed by atoms with Gasteiger partial charge in [0.2, 0.25) is 0 Å². The Labute approximate surface area is 87.1 Å². The predicted molar refractivity (Wildman–Crippen MR) is 57.9 cm³/mol. The first-order valence-corrected chi connectivity index (χ1v) is 5.11. The molecule has 1 aromatic rings. The summed E-state index contributed by atoms with van der Waals surface area (Å²) in [5, 5.41) is 11.9. The van der Waals surface area contributed by atoms with Crippen molar-refractivity contribution in [3.8, 4) is 0 Å². The van der Waals surface area contributed by atoms with E-state index in [1.807, 2.05) is 6.92 Å². The van der Waals surface area contributed by atoms with Crippen LogP contribution in [0.1, 0.15) is 20.1 Å². The molecule has 0 amide bonds. The maximum Gasteiger partial charge on any atom is 0.345 e. The lowest BCUT2D eigenvalue weighted by Gasteiger charge is -1.99. The zero-order valence-electron chi connectivity index (χ0n) is 8.04. The van der Waals surface area contributed by atoms with E-state index in [0.29, 0.717) is 11.4 Å². The van der Waals surface area contributed by atoms with Crippen LogP contribution in [0.5, 0.6) is 0 Å². The van der Waals surface area contributed by atoms with Gasteiger partial charge >= 0.3 is 5.97 Å². The van der Waals surface area contributed by atoms with Crippen molar-refractivity contribution >= 4 is 17.3 Å². The Morgan fingerprint density at radius 1 is 1.79 bits per heavy atom. The molecule has 0 aromatic carbocycles. The number of aryl methyl sites for hydroxylation is 1. The minimum atomic E-state index is -0.854. The van der Waals surface area contributed by atoms with E-state index in [1.54, 1.807) is 12.1 Å². The van der Waals surface area contributed by atoms with Crippen LogP contribution < -0.4 is 5.32 Å². The Balaban J connectivity index is 2.67. The molecule has 0 aliphatic carbocycles. The first-order valence-electron chi connectivity index (χ1n) is 4.29. The van der Waals surface area contributed by atoms with Crippen molar-refractivity contribution in [3.05, 3.63) is 34.0 Å². The number of rotatable bonds is 5. The van der Waals surface area contributed by atoms with E-state index in [0.717, 1.165) is 17.0 Å². The number of hydrogen-bond donors (Lipinski definition) is 2. The normalized spacial score (nSPS) is 10.1. The Kier molecular flexibility index (Phi) is 3.85. The summed E-state index contributed by atoms with van der Waals surface area (Å²) >= 11 is 1.32. The fourth-order valence-electron chi connectivity index (χ4n) is 1.11. The molecule has 0 bridgehead atoms. The van der Waals surface area contributed by atoms with Gasteiger partial charge in [0.25, 0.3) is 0 Å². The van der Waals surface area contributed by atoms with Crippen LogP contribution in [0.25, 0.3) is 0 Å². The molecule has 0 aliphatic rings. The Bertz CT molecular complexity index is 344. The molecule has 0 unspecified atom stereocenters. The summed E-state index contributed by atoms with van der Waals surface area (Å²) in [6.07, 6.45) is 1.78. The molecule has 4 heteroatoms. The fraction of sp³-hybridized carbons (Fsp3) is 0.300. The monoisotopic (exact) mass is 211 g/mol. The van der Waals surface area contributed by atoms with Gasteiger partial charge in [-0.2, -0.15) is 0 Å². The molecular weight excluding hydrogens is 198 g/mol. The highest BCUT2D eigenvalue weighted by molar-refractivity contribution is 7.14. The molecule has 76 valence electrons. The average Bonchev–Trinajstić information content (AvgIpc) is 2.49. The van der Waals surface area contributed by atoms with Gasteiger partial charge in [0.15, 0.2) is 0 Å². The second-order valence-corrected chi connectivity index (χ2v) is 4.17. The number of aromatic carboxylic acids is 1. The van der Waals surface area contributed by atoms with Crippen LogP contribution >= 0.6 is 11.3 Å². The molecule has 0 saturated heterocycles. The lowest BCUT2D eigenvalue weighted by atomic mass is 10.2. The third-order valence-corrected chi connectivity index (χ3v) is 2.92. The summed E-state index contributed by atoms with van der Waals surface area (Å²) in [5.41, 5.74) is 1.05. The van der Waals surface area contributed by atoms with Crippen LogP contribution in [0, 0.1) is 6.92 Å². The topological polar surface area (TPSA) is 49.3 Å². The van der Waals surface area contributed by atoms with E-state index in [1.165, 1.54) is 11.3 Å². The van der Waals surface area contributed by atoms with Crippen LogP contribution in [-0.4, -0.2) is 17.6 Å². The first kappa shape index (κ1) is 10.9. The first-order chi connectivity index (χ1) is 6.65. The molecule has 0 radical (unpaired) electrons. The molecule has 2 N–H and O–H groups in total. The van der Waals surface area contributed by atoms with E-state index in [-0.39, 0.29) is 0 Å². The Morgan fingerprint density at radius 2 is 2.50 bits per heavy atom. The summed E-state index contributed by atoms with van der Waals surface area (Å²) in [6, 6.07) is 1.72. The van der Waals surface area contributed by atoms with Crippen molar-refractivity contribution in [2.45, 2.75) is 13.5 Å². The molecule has 0 spiro atoms. The van der Waals surface area contributed by atoms with Crippen LogP contribution in [-0.2, 0) is 6.54 Å². The Morgan fingerprint density at radius 3 is 3.00 bits per heavy atom. The smallest absolute Gasteiger partial charge is 0.345 e. The van der Waals surface area contributed by atoms with Crippen LogP contribution in [0.2, 0.25) is 0 Å². The van der Waals surface area contributed by atoms with E-state index in [9.17, 15) is 4.79 Å². The lowest BCUT2D eigenvalue weighted by Crippen LogP contribution is -2.12.